The van der Waals surface area contributed by atoms with E-state index in [1.54, 1.807) is 6.07 Å². The number of carbonyl (C=O) groups is 1. The van der Waals surface area contributed by atoms with Crippen molar-refractivity contribution in [2.24, 2.45) is 0 Å². The molecule has 3 N–H and O–H groups in total. The summed E-state index contributed by atoms with van der Waals surface area (Å²) in [6, 6.07) is 6.14. The van der Waals surface area contributed by atoms with E-state index in [4.69, 9.17) is 11.0 Å². The second kappa shape index (κ2) is 5.54. The highest BCUT2D eigenvalue weighted by molar-refractivity contribution is 6.05. The molecule has 0 aromatic heterocycles. The van der Waals surface area contributed by atoms with Crippen LogP contribution in [0.2, 0.25) is 0 Å². The average Bonchev–Trinajstić information content (AvgIpc) is 2.44. The quantitative estimate of drug-likeness (QED) is 0.835. The number of carbonyl (C=O) groups excluding carboxylic acids is 1. The minimum absolute atomic E-state index is 0.00574. The lowest BCUT2D eigenvalue weighted by molar-refractivity contribution is 0.102. The molecular formula is C14H8F3N3O. The molecule has 0 radical (unpaired) electrons. The first-order chi connectivity index (χ1) is 9.92. The molecule has 0 aliphatic carbocycles. The van der Waals surface area contributed by atoms with Crippen LogP contribution in [0.1, 0.15) is 15.9 Å². The normalized spacial score (nSPS) is 10.0. The fourth-order valence-corrected chi connectivity index (χ4v) is 1.65. The molecular weight excluding hydrogens is 283 g/mol. The second-order valence-corrected chi connectivity index (χ2v) is 4.11. The summed E-state index contributed by atoms with van der Waals surface area (Å²) in [4.78, 5) is 11.9. The van der Waals surface area contributed by atoms with Gasteiger partial charge in [-0.1, -0.05) is 0 Å². The molecule has 0 heterocycles. The molecule has 0 unspecified atom stereocenters. The molecule has 7 heteroatoms. The fourth-order valence-electron chi connectivity index (χ4n) is 1.65. The van der Waals surface area contributed by atoms with Gasteiger partial charge in [-0.15, -0.1) is 0 Å². The maximum atomic E-state index is 13.5. The van der Waals surface area contributed by atoms with Crippen molar-refractivity contribution < 1.29 is 18.0 Å². The summed E-state index contributed by atoms with van der Waals surface area (Å²) in [7, 11) is 0. The maximum absolute atomic E-state index is 13.5. The summed E-state index contributed by atoms with van der Waals surface area (Å²) in [5.74, 6) is -3.66. The number of amides is 1. The molecule has 0 atom stereocenters. The highest BCUT2D eigenvalue weighted by atomic mass is 19.1. The first-order valence-corrected chi connectivity index (χ1v) is 5.68. The molecule has 0 saturated carbocycles. The van der Waals surface area contributed by atoms with Gasteiger partial charge >= 0.3 is 0 Å². The number of benzene rings is 2. The average molecular weight is 291 g/mol. The van der Waals surface area contributed by atoms with E-state index in [2.05, 4.69) is 5.32 Å². The zero-order valence-electron chi connectivity index (χ0n) is 10.5. The monoisotopic (exact) mass is 291 g/mol. The Balaban J connectivity index is 2.35. The number of rotatable bonds is 2. The van der Waals surface area contributed by atoms with Crippen LogP contribution in [0.15, 0.2) is 30.3 Å². The second-order valence-electron chi connectivity index (χ2n) is 4.11. The minimum Gasteiger partial charge on any atom is -0.396 e. The summed E-state index contributed by atoms with van der Waals surface area (Å²) in [6.45, 7) is 0. The Morgan fingerprint density at radius 3 is 2.52 bits per heavy atom. The molecule has 21 heavy (non-hydrogen) atoms. The number of halogens is 3. The zero-order valence-corrected chi connectivity index (χ0v) is 10.5. The lowest BCUT2D eigenvalue weighted by Crippen LogP contribution is -2.15. The predicted octanol–water partition coefficient (Wildman–Crippen LogP) is 2.81. The number of nitrogens with one attached hydrogen (secondary N) is 1. The predicted molar refractivity (Wildman–Crippen MR) is 69.8 cm³/mol. The third-order valence-electron chi connectivity index (χ3n) is 2.68. The smallest absolute Gasteiger partial charge is 0.258 e. The molecule has 2 aromatic carbocycles. The van der Waals surface area contributed by atoms with Crippen LogP contribution in [0.4, 0.5) is 24.5 Å². The van der Waals surface area contributed by atoms with E-state index in [-0.39, 0.29) is 16.9 Å². The SMILES string of the molecule is N#Cc1cc(F)ccc1NC(=O)c1cc(N)c(F)cc1F. The molecule has 4 nitrogen and oxygen atoms in total. The minimum atomic E-state index is -1.10. The Hall–Kier alpha value is -3.01. The van der Waals surface area contributed by atoms with Gasteiger partial charge in [0.25, 0.3) is 5.91 Å². The molecule has 1 amide bonds. The van der Waals surface area contributed by atoms with E-state index in [0.717, 1.165) is 24.3 Å². The topological polar surface area (TPSA) is 78.9 Å². The van der Waals surface area contributed by atoms with Crippen LogP contribution in [0.5, 0.6) is 0 Å². The number of nitrogens with zero attached hydrogens (tertiary/aromatic N) is 1. The van der Waals surface area contributed by atoms with Crippen molar-refractivity contribution in [1.82, 2.24) is 0 Å². The summed E-state index contributed by atoms with van der Waals surface area (Å²) < 4.78 is 39.6. The lowest BCUT2D eigenvalue weighted by Gasteiger charge is -2.09. The molecule has 0 aliphatic heterocycles. The van der Waals surface area contributed by atoms with Crippen LogP contribution in [0.25, 0.3) is 0 Å². The van der Waals surface area contributed by atoms with Crippen LogP contribution >= 0.6 is 0 Å². The van der Waals surface area contributed by atoms with E-state index in [0.29, 0.717) is 6.07 Å². The number of hydrogen-bond donors (Lipinski definition) is 2. The Morgan fingerprint density at radius 2 is 1.86 bits per heavy atom. The van der Waals surface area contributed by atoms with Crippen LogP contribution < -0.4 is 11.1 Å². The highest BCUT2D eigenvalue weighted by Gasteiger charge is 2.16. The van der Waals surface area contributed by atoms with E-state index in [1.165, 1.54) is 0 Å². The molecule has 0 aliphatic rings. The molecule has 0 bridgehead atoms. The van der Waals surface area contributed by atoms with Gasteiger partial charge in [0.1, 0.15) is 23.5 Å². The molecule has 0 spiro atoms. The summed E-state index contributed by atoms with van der Waals surface area (Å²) in [5, 5.41) is 11.1. The van der Waals surface area contributed by atoms with E-state index >= 15 is 0 Å². The van der Waals surface area contributed by atoms with Gasteiger partial charge in [0.2, 0.25) is 0 Å². The highest BCUT2D eigenvalue weighted by Crippen LogP contribution is 2.20. The number of hydrogen-bond acceptors (Lipinski definition) is 3. The van der Waals surface area contributed by atoms with Crippen molar-refractivity contribution in [3.05, 3.63) is 58.9 Å². The molecule has 106 valence electrons. The zero-order chi connectivity index (χ0) is 15.6. The lowest BCUT2D eigenvalue weighted by atomic mass is 10.1. The van der Waals surface area contributed by atoms with Crippen LogP contribution in [-0.2, 0) is 0 Å². The molecule has 2 aromatic rings. The van der Waals surface area contributed by atoms with E-state index in [1.807, 2.05) is 0 Å². The van der Waals surface area contributed by atoms with Crippen LogP contribution in [0, 0.1) is 28.8 Å². The molecule has 2 rings (SSSR count). The molecule has 0 saturated heterocycles. The van der Waals surface area contributed by atoms with Gasteiger partial charge in [-0.3, -0.25) is 4.79 Å². The van der Waals surface area contributed by atoms with Crippen LogP contribution in [0.3, 0.4) is 0 Å². The first-order valence-electron chi connectivity index (χ1n) is 5.68. The summed E-state index contributed by atoms with van der Waals surface area (Å²) >= 11 is 0. The first kappa shape index (κ1) is 14.4. The van der Waals surface area contributed by atoms with Gasteiger partial charge in [0.15, 0.2) is 0 Å². The third kappa shape index (κ3) is 2.95. The van der Waals surface area contributed by atoms with Crippen molar-refractivity contribution in [3.8, 4) is 6.07 Å². The Morgan fingerprint density at radius 1 is 1.14 bits per heavy atom. The maximum Gasteiger partial charge on any atom is 0.258 e. The van der Waals surface area contributed by atoms with Gasteiger partial charge in [-0.2, -0.15) is 5.26 Å². The van der Waals surface area contributed by atoms with Gasteiger partial charge < -0.3 is 11.1 Å². The van der Waals surface area contributed by atoms with Gasteiger partial charge in [-0.25, -0.2) is 13.2 Å². The van der Waals surface area contributed by atoms with E-state index < -0.39 is 28.9 Å². The standard InChI is InChI=1S/C14H8F3N3O/c15-8-1-2-13(7(3-8)6-18)20-14(21)9-4-12(19)11(17)5-10(9)16/h1-5H,19H2,(H,20,21). The van der Waals surface area contributed by atoms with Gasteiger partial charge in [0.05, 0.1) is 22.5 Å². The molecule has 0 fully saturated rings. The number of anilines is 2. The fraction of sp³-hybridized carbons (Fsp3) is 0. The van der Waals surface area contributed by atoms with Gasteiger partial charge in [0, 0.05) is 6.07 Å². The number of nitrogen functional groups attached to an aromatic ring is 1. The van der Waals surface area contributed by atoms with Gasteiger partial charge in [-0.05, 0) is 24.3 Å². The Bertz CT molecular complexity index is 769. The van der Waals surface area contributed by atoms with Crippen molar-refractivity contribution in [1.29, 1.82) is 5.26 Å². The Kier molecular flexibility index (Phi) is 3.80. The van der Waals surface area contributed by atoms with E-state index in [9.17, 15) is 18.0 Å². The Labute approximate surface area is 117 Å². The number of nitriles is 1. The third-order valence-corrected chi connectivity index (χ3v) is 2.68. The summed E-state index contributed by atoms with van der Waals surface area (Å²) in [6.07, 6.45) is 0. The summed E-state index contributed by atoms with van der Waals surface area (Å²) in [5.41, 5.74) is 4.28. The number of nitrogens with two attached hydrogens (primary N) is 1. The van der Waals surface area contributed by atoms with Crippen molar-refractivity contribution in [2.75, 3.05) is 11.1 Å². The van der Waals surface area contributed by atoms with Crippen molar-refractivity contribution >= 4 is 17.3 Å². The van der Waals surface area contributed by atoms with Crippen LogP contribution in [-0.4, -0.2) is 5.91 Å². The van der Waals surface area contributed by atoms with Crippen molar-refractivity contribution in [3.63, 3.8) is 0 Å². The largest absolute Gasteiger partial charge is 0.396 e. The van der Waals surface area contributed by atoms with Crippen molar-refractivity contribution in [2.45, 2.75) is 0 Å².